The normalized spacial score (nSPS) is 29.6. The molecule has 2 fully saturated rings. The molecule has 1 atom stereocenters. The van der Waals surface area contributed by atoms with Gasteiger partial charge in [-0.1, -0.05) is 0 Å². The number of hydrogen-bond donors (Lipinski definition) is 2. The maximum absolute atomic E-state index is 11.8. The first-order chi connectivity index (χ1) is 6.76. The van der Waals surface area contributed by atoms with Crippen molar-refractivity contribution in [3.8, 4) is 0 Å². The molecular weight excluding hydrogens is 198 g/mol. The number of thioether (sulfide) groups is 1. The van der Waals surface area contributed by atoms with E-state index in [1.807, 2.05) is 11.8 Å². The molecule has 0 aromatic heterocycles. The molecule has 80 valence electrons. The van der Waals surface area contributed by atoms with Gasteiger partial charge in [-0.2, -0.15) is 11.8 Å². The van der Waals surface area contributed by atoms with Crippen LogP contribution < -0.4 is 5.32 Å². The van der Waals surface area contributed by atoms with Crippen molar-refractivity contribution in [1.82, 2.24) is 5.32 Å². The van der Waals surface area contributed by atoms with E-state index in [1.54, 1.807) is 0 Å². The number of carbonyl (C=O) groups is 1. The molecule has 3 nitrogen and oxygen atoms in total. The Kier molecular flexibility index (Phi) is 3.02. The molecule has 0 spiro atoms. The van der Waals surface area contributed by atoms with Gasteiger partial charge >= 0.3 is 0 Å². The van der Waals surface area contributed by atoms with E-state index in [2.05, 4.69) is 5.32 Å². The minimum Gasteiger partial charge on any atom is -0.394 e. The number of aliphatic hydroxyl groups is 1. The summed E-state index contributed by atoms with van der Waals surface area (Å²) in [4.78, 5) is 11.8. The second-order valence-electron chi connectivity index (χ2n) is 4.34. The highest BCUT2D eigenvalue weighted by Gasteiger charge is 2.39. The van der Waals surface area contributed by atoms with Crippen LogP contribution in [-0.2, 0) is 4.79 Å². The van der Waals surface area contributed by atoms with Crippen LogP contribution in [-0.4, -0.2) is 34.7 Å². The summed E-state index contributed by atoms with van der Waals surface area (Å²) >= 11 is 1.85. The van der Waals surface area contributed by atoms with Crippen LogP contribution in [0.25, 0.3) is 0 Å². The van der Waals surface area contributed by atoms with Crippen LogP contribution in [0.3, 0.4) is 0 Å². The number of hydrogen-bond acceptors (Lipinski definition) is 3. The van der Waals surface area contributed by atoms with Crippen molar-refractivity contribution in [3.05, 3.63) is 0 Å². The van der Waals surface area contributed by atoms with E-state index in [0.717, 1.165) is 37.2 Å². The highest BCUT2D eigenvalue weighted by Crippen LogP contribution is 2.32. The van der Waals surface area contributed by atoms with E-state index in [9.17, 15) is 9.90 Å². The van der Waals surface area contributed by atoms with E-state index in [4.69, 9.17) is 0 Å². The van der Waals surface area contributed by atoms with E-state index < -0.39 is 0 Å². The lowest BCUT2D eigenvalue weighted by molar-refractivity contribution is -0.128. The largest absolute Gasteiger partial charge is 0.394 e. The fraction of sp³-hybridized carbons (Fsp3) is 0.900. The van der Waals surface area contributed by atoms with Crippen LogP contribution in [0.15, 0.2) is 0 Å². The van der Waals surface area contributed by atoms with Crippen LogP contribution in [0.5, 0.6) is 0 Å². The molecule has 1 aliphatic heterocycles. The van der Waals surface area contributed by atoms with Crippen LogP contribution >= 0.6 is 11.8 Å². The molecule has 1 saturated heterocycles. The van der Waals surface area contributed by atoms with E-state index >= 15 is 0 Å². The summed E-state index contributed by atoms with van der Waals surface area (Å²) in [5.74, 6) is 2.39. The average Bonchev–Trinajstić information content (AvgIpc) is 2.63. The molecule has 14 heavy (non-hydrogen) atoms. The Bertz CT molecular complexity index is 217. The molecule has 2 aliphatic rings. The molecule has 1 aliphatic carbocycles. The molecule has 2 rings (SSSR count). The predicted octanol–water partition coefficient (Wildman–Crippen LogP) is 0.771. The molecular formula is C10H17NO2S. The number of aliphatic hydroxyl groups excluding tert-OH is 1. The zero-order valence-corrected chi connectivity index (χ0v) is 9.11. The highest BCUT2D eigenvalue weighted by molar-refractivity contribution is 7.99. The summed E-state index contributed by atoms with van der Waals surface area (Å²) in [6, 6.07) is 0. The number of nitrogens with one attached hydrogen (secondary N) is 1. The minimum absolute atomic E-state index is 0.0958. The summed E-state index contributed by atoms with van der Waals surface area (Å²) in [5, 5.41) is 12.2. The quantitative estimate of drug-likeness (QED) is 0.731. The van der Waals surface area contributed by atoms with Crippen LogP contribution in [0.2, 0.25) is 0 Å². The summed E-state index contributed by atoms with van der Waals surface area (Å²) in [6.07, 6.45) is 4.00. The van der Waals surface area contributed by atoms with Gasteiger partial charge in [0.15, 0.2) is 0 Å². The summed E-state index contributed by atoms with van der Waals surface area (Å²) in [5.41, 5.74) is -0.260. The van der Waals surface area contributed by atoms with Crippen LogP contribution in [0.4, 0.5) is 0 Å². The van der Waals surface area contributed by atoms with Gasteiger partial charge in [0.1, 0.15) is 0 Å². The van der Waals surface area contributed by atoms with Gasteiger partial charge in [0.25, 0.3) is 0 Å². The Morgan fingerprint density at radius 2 is 2.36 bits per heavy atom. The molecule has 2 N–H and O–H groups in total. The molecule has 0 bridgehead atoms. The zero-order valence-electron chi connectivity index (χ0n) is 8.29. The van der Waals surface area contributed by atoms with Crippen molar-refractivity contribution < 1.29 is 9.90 Å². The molecule has 1 amide bonds. The molecule has 0 aromatic rings. The fourth-order valence-electron chi connectivity index (χ4n) is 2.03. The number of rotatable bonds is 3. The Morgan fingerprint density at radius 1 is 1.57 bits per heavy atom. The first-order valence-electron chi connectivity index (χ1n) is 5.26. The van der Waals surface area contributed by atoms with Gasteiger partial charge in [0.05, 0.1) is 12.1 Å². The lowest BCUT2D eigenvalue weighted by Gasteiger charge is -2.41. The van der Waals surface area contributed by atoms with Gasteiger partial charge in [-0.25, -0.2) is 0 Å². The van der Waals surface area contributed by atoms with Crippen molar-refractivity contribution in [2.24, 2.45) is 5.92 Å². The van der Waals surface area contributed by atoms with Gasteiger partial charge in [-0.05, 0) is 31.4 Å². The summed E-state index contributed by atoms with van der Waals surface area (Å²) in [6.45, 7) is 0.0958. The second kappa shape index (κ2) is 4.11. The number of amides is 1. The lowest BCUT2D eigenvalue weighted by atomic mass is 9.77. The third kappa shape index (κ3) is 1.91. The molecule has 1 heterocycles. The van der Waals surface area contributed by atoms with Gasteiger partial charge in [-0.3, -0.25) is 4.79 Å². The maximum atomic E-state index is 11.8. The fourth-order valence-corrected chi connectivity index (χ4v) is 3.25. The van der Waals surface area contributed by atoms with Crippen LogP contribution in [0, 0.1) is 5.92 Å². The monoisotopic (exact) mass is 215 g/mol. The average molecular weight is 215 g/mol. The molecule has 0 radical (unpaired) electrons. The SMILES string of the molecule is O=C(NC1(CO)CCC1)C1CCSC1. The second-order valence-corrected chi connectivity index (χ2v) is 5.49. The molecule has 1 unspecified atom stereocenters. The Balaban J connectivity index is 1.86. The summed E-state index contributed by atoms with van der Waals surface area (Å²) < 4.78 is 0. The molecule has 0 aromatic carbocycles. The van der Waals surface area contributed by atoms with Crippen molar-refractivity contribution in [1.29, 1.82) is 0 Å². The maximum Gasteiger partial charge on any atom is 0.224 e. The van der Waals surface area contributed by atoms with Gasteiger partial charge < -0.3 is 10.4 Å². The predicted molar refractivity (Wildman–Crippen MR) is 57.2 cm³/mol. The van der Waals surface area contributed by atoms with Crippen molar-refractivity contribution in [2.75, 3.05) is 18.1 Å². The Hall–Kier alpha value is -0.220. The third-order valence-corrected chi connectivity index (χ3v) is 4.46. The van der Waals surface area contributed by atoms with E-state index in [0.29, 0.717) is 0 Å². The van der Waals surface area contributed by atoms with Gasteiger partial charge in [-0.15, -0.1) is 0 Å². The van der Waals surface area contributed by atoms with Crippen molar-refractivity contribution >= 4 is 17.7 Å². The van der Waals surface area contributed by atoms with Gasteiger partial charge in [0, 0.05) is 11.7 Å². The van der Waals surface area contributed by atoms with E-state index in [1.165, 1.54) is 0 Å². The Morgan fingerprint density at radius 3 is 2.79 bits per heavy atom. The lowest BCUT2D eigenvalue weighted by Crippen LogP contribution is -2.57. The molecule has 4 heteroatoms. The topological polar surface area (TPSA) is 49.3 Å². The van der Waals surface area contributed by atoms with Gasteiger partial charge in [0.2, 0.25) is 5.91 Å². The van der Waals surface area contributed by atoms with Crippen molar-refractivity contribution in [3.63, 3.8) is 0 Å². The standard InChI is InChI=1S/C10H17NO2S/c12-7-10(3-1-4-10)11-9(13)8-2-5-14-6-8/h8,12H,1-7H2,(H,11,13). The minimum atomic E-state index is -0.260. The zero-order chi connectivity index (χ0) is 10.0. The molecule has 1 saturated carbocycles. The van der Waals surface area contributed by atoms with E-state index in [-0.39, 0.29) is 24.0 Å². The Labute approximate surface area is 88.6 Å². The highest BCUT2D eigenvalue weighted by atomic mass is 32.2. The first-order valence-corrected chi connectivity index (χ1v) is 6.42. The van der Waals surface area contributed by atoms with Crippen LogP contribution in [0.1, 0.15) is 25.7 Å². The number of carbonyl (C=O) groups excluding carboxylic acids is 1. The summed E-state index contributed by atoms with van der Waals surface area (Å²) in [7, 11) is 0. The first kappa shape index (κ1) is 10.3. The van der Waals surface area contributed by atoms with Crippen molar-refractivity contribution in [2.45, 2.75) is 31.2 Å². The smallest absolute Gasteiger partial charge is 0.224 e. The third-order valence-electron chi connectivity index (χ3n) is 3.30.